The average Bonchev–Trinajstić information content (AvgIpc) is 2.47. The molecule has 2 aromatic carbocycles. The maximum Gasteiger partial charge on any atom is 0.411 e. The van der Waals surface area contributed by atoms with Crippen molar-refractivity contribution in [2.45, 2.75) is 11.6 Å². The van der Waals surface area contributed by atoms with Crippen molar-refractivity contribution < 1.29 is 17.9 Å². The van der Waals surface area contributed by atoms with Gasteiger partial charge in [0.2, 0.25) is 0 Å². The first-order chi connectivity index (χ1) is 9.96. The standard InChI is InChI=1S/C16H14ClF3O/c17-15(10-21-11-16(18,19)20)14-8-6-13(7-9-14)12-4-2-1-3-5-12/h1-9,15H,10-11H2. The molecule has 0 aliphatic carbocycles. The van der Waals surface area contributed by atoms with Crippen LogP contribution < -0.4 is 0 Å². The molecule has 0 bridgehead atoms. The first-order valence-electron chi connectivity index (χ1n) is 6.40. The van der Waals surface area contributed by atoms with Gasteiger partial charge in [0.05, 0.1) is 12.0 Å². The van der Waals surface area contributed by atoms with Crippen molar-refractivity contribution >= 4 is 11.6 Å². The molecular formula is C16H14ClF3O. The molecule has 112 valence electrons. The van der Waals surface area contributed by atoms with Gasteiger partial charge in [0.15, 0.2) is 0 Å². The molecule has 1 nitrogen and oxygen atoms in total. The van der Waals surface area contributed by atoms with Crippen molar-refractivity contribution in [2.24, 2.45) is 0 Å². The molecule has 2 rings (SSSR count). The summed E-state index contributed by atoms with van der Waals surface area (Å²) in [6, 6.07) is 17.2. The Morgan fingerprint density at radius 1 is 0.905 bits per heavy atom. The molecule has 0 aliphatic heterocycles. The Morgan fingerprint density at radius 3 is 2.05 bits per heavy atom. The summed E-state index contributed by atoms with van der Waals surface area (Å²) in [4.78, 5) is 0. The second kappa shape index (κ2) is 6.96. The van der Waals surface area contributed by atoms with Gasteiger partial charge < -0.3 is 4.74 Å². The molecule has 0 spiro atoms. The Morgan fingerprint density at radius 2 is 1.48 bits per heavy atom. The van der Waals surface area contributed by atoms with Crippen molar-refractivity contribution in [3.05, 3.63) is 60.2 Å². The van der Waals surface area contributed by atoms with Crippen LogP contribution >= 0.6 is 11.6 Å². The summed E-state index contributed by atoms with van der Waals surface area (Å²) in [5.74, 6) is 0. The zero-order valence-corrected chi connectivity index (χ0v) is 11.9. The maximum absolute atomic E-state index is 12.0. The lowest BCUT2D eigenvalue weighted by atomic mass is 10.0. The molecule has 0 radical (unpaired) electrons. The fourth-order valence-electron chi connectivity index (χ4n) is 1.89. The molecule has 2 aromatic rings. The predicted octanol–water partition coefficient (Wildman–Crippen LogP) is 5.21. The van der Waals surface area contributed by atoms with E-state index in [0.717, 1.165) is 16.7 Å². The molecule has 0 saturated heterocycles. The molecule has 0 fully saturated rings. The molecule has 0 saturated carbocycles. The van der Waals surface area contributed by atoms with E-state index < -0.39 is 18.2 Å². The molecule has 0 aliphatic rings. The van der Waals surface area contributed by atoms with Crippen LogP contribution in [0.1, 0.15) is 10.9 Å². The number of alkyl halides is 4. The quantitative estimate of drug-likeness (QED) is 0.688. The highest BCUT2D eigenvalue weighted by Gasteiger charge is 2.27. The van der Waals surface area contributed by atoms with Crippen molar-refractivity contribution in [1.82, 2.24) is 0 Å². The summed E-state index contributed by atoms with van der Waals surface area (Å²) < 4.78 is 40.5. The Bertz CT molecular complexity index is 552. The summed E-state index contributed by atoms with van der Waals surface area (Å²) in [5, 5.41) is -0.600. The molecule has 0 aromatic heterocycles. The average molecular weight is 315 g/mol. The SMILES string of the molecule is FC(F)(F)COCC(Cl)c1ccc(-c2ccccc2)cc1. The number of rotatable bonds is 5. The summed E-state index contributed by atoms with van der Waals surface area (Å²) in [6.07, 6.45) is -4.33. The van der Waals surface area contributed by atoms with Gasteiger partial charge in [0.25, 0.3) is 0 Å². The van der Waals surface area contributed by atoms with E-state index in [0.29, 0.717) is 0 Å². The highest BCUT2D eigenvalue weighted by molar-refractivity contribution is 6.20. The van der Waals surface area contributed by atoms with E-state index in [1.807, 2.05) is 42.5 Å². The minimum absolute atomic E-state index is 0.175. The highest BCUT2D eigenvalue weighted by atomic mass is 35.5. The van der Waals surface area contributed by atoms with Gasteiger partial charge in [0.1, 0.15) is 6.61 Å². The first-order valence-corrected chi connectivity index (χ1v) is 6.83. The van der Waals surface area contributed by atoms with E-state index in [4.69, 9.17) is 11.6 Å². The van der Waals surface area contributed by atoms with Crippen LogP contribution in [0.3, 0.4) is 0 Å². The molecule has 21 heavy (non-hydrogen) atoms. The van der Waals surface area contributed by atoms with Crippen molar-refractivity contribution in [2.75, 3.05) is 13.2 Å². The Hall–Kier alpha value is -1.52. The van der Waals surface area contributed by atoms with E-state index in [1.54, 1.807) is 12.1 Å². The maximum atomic E-state index is 12.0. The summed E-state index contributed by atoms with van der Waals surface area (Å²) in [5.41, 5.74) is 2.83. The smallest absolute Gasteiger partial charge is 0.370 e. The first kappa shape index (κ1) is 15.9. The largest absolute Gasteiger partial charge is 0.411 e. The van der Waals surface area contributed by atoms with Crippen LogP contribution in [0.15, 0.2) is 54.6 Å². The van der Waals surface area contributed by atoms with Gasteiger partial charge in [-0.1, -0.05) is 54.6 Å². The number of hydrogen-bond donors (Lipinski definition) is 0. The number of ether oxygens (including phenoxy) is 1. The highest BCUT2D eigenvalue weighted by Crippen LogP contribution is 2.26. The fourth-order valence-corrected chi connectivity index (χ4v) is 2.12. The Balaban J connectivity index is 1.96. The number of hydrogen-bond acceptors (Lipinski definition) is 1. The molecule has 1 unspecified atom stereocenters. The molecule has 0 N–H and O–H groups in total. The van der Waals surface area contributed by atoms with Crippen LogP contribution in [0.4, 0.5) is 13.2 Å². The lowest BCUT2D eigenvalue weighted by Gasteiger charge is -2.12. The normalized spacial score (nSPS) is 13.1. The Kier molecular flexibility index (Phi) is 5.26. The third kappa shape index (κ3) is 5.06. The zero-order chi connectivity index (χ0) is 15.3. The van der Waals surface area contributed by atoms with E-state index in [2.05, 4.69) is 4.74 Å². The second-order valence-electron chi connectivity index (χ2n) is 4.59. The van der Waals surface area contributed by atoms with Crippen LogP contribution in [0.5, 0.6) is 0 Å². The Labute approximate surface area is 126 Å². The lowest BCUT2D eigenvalue weighted by molar-refractivity contribution is -0.173. The number of benzene rings is 2. The minimum Gasteiger partial charge on any atom is -0.370 e. The second-order valence-corrected chi connectivity index (χ2v) is 5.11. The predicted molar refractivity (Wildman–Crippen MR) is 77.3 cm³/mol. The summed E-state index contributed by atoms with van der Waals surface area (Å²) in [6.45, 7) is -1.45. The fraction of sp³-hybridized carbons (Fsp3) is 0.250. The number of halogens is 4. The van der Waals surface area contributed by atoms with E-state index >= 15 is 0 Å². The molecule has 0 amide bonds. The van der Waals surface area contributed by atoms with Gasteiger partial charge >= 0.3 is 6.18 Å². The molecule has 5 heteroatoms. The molecular weight excluding hydrogens is 301 g/mol. The molecule has 0 heterocycles. The minimum atomic E-state index is -4.33. The van der Waals surface area contributed by atoms with Crippen molar-refractivity contribution in [3.63, 3.8) is 0 Å². The van der Waals surface area contributed by atoms with Gasteiger partial charge in [0, 0.05) is 0 Å². The lowest BCUT2D eigenvalue weighted by Crippen LogP contribution is -2.18. The van der Waals surface area contributed by atoms with Gasteiger partial charge in [-0.15, -0.1) is 11.6 Å². The third-order valence-corrected chi connectivity index (χ3v) is 3.29. The van der Waals surface area contributed by atoms with Gasteiger partial charge in [-0.25, -0.2) is 0 Å². The van der Waals surface area contributed by atoms with Crippen LogP contribution in [-0.4, -0.2) is 19.4 Å². The van der Waals surface area contributed by atoms with Crippen LogP contribution in [0, 0.1) is 0 Å². The zero-order valence-electron chi connectivity index (χ0n) is 11.1. The van der Waals surface area contributed by atoms with Gasteiger partial charge in [-0.2, -0.15) is 13.2 Å². The van der Waals surface area contributed by atoms with Crippen LogP contribution in [0.25, 0.3) is 11.1 Å². The summed E-state index contributed by atoms with van der Waals surface area (Å²) >= 11 is 6.04. The van der Waals surface area contributed by atoms with E-state index in [1.165, 1.54) is 0 Å². The van der Waals surface area contributed by atoms with Gasteiger partial charge in [-0.05, 0) is 16.7 Å². The van der Waals surface area contributed by atoms with Crippen LogP contribution in [-0.2, 0) is 4.74 Å². The van der Waals surface area contributed by atoms with E-state index in [-0.39, 0.29) is 6.61 Å². The van der Waals surface area contributed by atoms with Gasteiger partial charge in [-0.3, -0.25) is 0 Å². The third-order valence-electron chi connectivity index (χ3n) is 2.91. The van der Waals surface area contributed by atoms with Crippen molar-refractivity contribution in [3.8, 4) is 11.1 Å². The van der Waals surface area contributed by atoms with E-state index in [9.17, 15) is 13.2 Å². The molecule has 1 atom stereocenters. The summed E-state index contributed by atoms with van der Waals surface area (Å²) in [7, 11) is 0. The van der Waals surface area contributed by atoms with Crippen molar-refractivity contribution in [1.29, 1.82) is 0 Å². The van der Waals surface area contributed by atoms with Crippen LogP contribution in [0.2, 0.25) is 0 Å². The monoisotopic (exact) mass is 314 g/mol. The topological polar surface area (TPSA) is 9.23 Å².